The third-order valence-electron chi connectivity index (χ3n) is 4.01. The second-order valence-corrected chi connectivity index (χ2v) is 7.90. The fraction of sp³-hybridized carbons (Fsp3) is 0.222. The Balaban J connectivity index is 1.64. The lowest BCUT2D eigenvalue weighted by molar-refractivity contribution is 0.0950. The Kier molecular flexibility index (Phi) is 5.06. The van der Waals surface area contributed by atoms with Gasteiger partial charge in [0.05, 0.1) is 4.90 Å². The molecule has 2 amide bonds. The summed E-state index contributed by atoms with van der Waals surface area (Å²) in [7, 11) is -2.21. The Bertz CT molecular complexity index is 918. The second-order valence-electron chi connectivity index (χ2n) is 6.01. The monoisotopic (exact) mass is 373 g/mol. The van der Waals surface area contributed by atoms with E-state index in [4.69, 9.17) is 0 Å². The third-order valence-corrected chi connectivity index (χ3v) is 5.44. The Morgan fingerprint density at radius 1 is 0.885 bits per heavy atom. The quantitative estimate of drug-likeness (QED) is 0.717. The number of rotatable bonds is 6. The maximum Gasteiger partial charge on any atom is 0.255 e. The molecular weight excluding hydrogens is 354 g/mol. The number of carbonyl (C=O) groups is 2. The van der Waals surface area contributed by atoms with Crippen LogP contribution in [0.1, 0.15) is 33.6 Å². The summed E-state index contributed by atoms with van der Waals surface area (Å²) in [5.74, 6) is -0.486. The summed E-state index contributed by atoms with van der Waals surface area (Å²) in [6.45, 7) is 0. The molecule has 0 heterocycles. The molecule has 0 aromatic heterocycles. The Hall–Kier alpha value is -2.71. The summed E-state index contributed by atoms with van der Waals surface area (Å²) >= 11 is 0. The van der Waals surface area contributed by atoms with Crippen molar-refractivity contribution in [1.29, 1.82) is 0 Å². The largest absolute Gasteiger partial charge is 0.349 e. The zero-order valence-electron chi connectivity index (χ0n) is 14.2. The van der Waals surface area contributed by atoms with Crippen molar-refractivity contribution in [3.8, 4) is 0 Å². The first-order valence-corrected chi connectivity index (χ1v) is 9.63. The van der Waals surface area contributed by atoms with Crippen molar-refractivity contribution in [2.24, 2.45) is 0 Å². The average Bonchev–Trinajstić information content (AvgIpc) is 3.46. The molecule has 0 saturated heterocycles. The van der Waals surface area contributed by atoms with Crippen molar-refractivity contribution in [2.75, 3.05) is 12.4 Å². The molecule has 1 aliphatic rings. The van der Waals surface area contributed by atoms with Gasteiger partial charge in [0.1, 0.15) is 0 Å². The lowest BCUT2D eigenvalue weighted by Crippen LogP contribution is -2.25. The standard InChI is InChI=1S/C18H19N3O4S/c1-19-26(24,25)16-10-4-13(5-11-16)18(23)20-14-6-2-12(3-7-14)17(22)21-15-8-9-15/h2-7,10-11,15,19H,8-9H2,1H3,(H,20,23)(H,21,22). The zero-order valence-corrected chi connectivity index (χ0v) is 15.0. The van der Waals surface area contributed by atoms with Gasteiger partial charge >= 0.3 is 0 Å². The minimum atomic E-state index is -3.54. The predicted octanol–water partition coefficient (Wildman–Crippen LogP) is 1.74. The molecule has 1 saturated carbocycles. The van der Waals surface area contributed by atoms with Crippen LogP contribution in [0.25, 0.3) is 0 Å². The van der Waals surface area contributed by atoms with E-state index in [0.29, 0.717) is 16.8 Å². The highest BCUT2D eigenvalue weighted by Crippen LogP contribution is 2.20. The van der Waals surface area contributed by atoms with Gasteiger partial charge in [-0.2, -0.15) is 0 Å². The predicted molar refractivity (Wildman–Crippen MR) is 97.6 cm³/mol. The average molecular weight is 373 g/mol. The highest BCUT2D eigenvalue weighted by molar-refractivity contribution is 7.89. The zero-order chi connectivity index (χ0) is 18.7. The first-order valence-electron chi connectivity index (χ1n) is 8.15. The van der Waals surface area contributed by atoms with Gasteiger partial charge in [0.25, 0.3) is 11.8 Å². The molecule has 0 radical (unpaired) electrons. The van der Waals surface area contributed by atoms with Gasteiger partial charge in [0.15, 0.2) is 0 Å². The number of sulfonamides is 1. The highest BCUT2D eigenvalue weighted by Gasteiger charge is 2.23. The van der Waals surface area contributed by atoms with Gasteiger partial charge in [-0.3, -0.25) is 9.59 Å². The summed E-state index contributed by atoms with van der Waals surface area (Å²) in [6.07, 6.45) is 2.04. The molecule has 0 spiro atoms. The van der Waals surface area contributed by atoms with Crippen LogP contribution in [-0.4, -0.2) is 33.3 Å². The first kappa shape index (κ1) is 18.1. The molecule has 2 aromatic rings. The maximum atomic E-state index is 12.3. The minimum absolute atomic E-state index is 0.0857. The van der Waals surface area contributed by atoms with Crippen LogP contribution in [0.3, 0.4) is 0 Å². The second kappa shape index (κ2) is 7.27. The number of anilines is 1. The number of amides is 2. The smallest absolute Gasteiger partial charge is 0.255 e. The molecule has 8 heteroatoms. The van der Waals surface area contributed by atoms with E-state index in [-0.39, 0.29) is 22.8 Å². The van der Waals surface area contributed by atoms with Gasteiger partial charge < -0.3 is 10.6 Å². The van der Waals surface area contributed by atoms with Crippen LogP contribution in [0.2, 0.25) is 0 Å². The number of nitrogens with one attached hydrogen (secondary N) is 3. The normalized spacial score (nSPS) is 13.9. The van der Waals surface area contributed by atoms with Crippen LogP contribution in [0, 0.1) is 0 Å². The maximum absolute atomic E-state index is 12.3. The van der Waals surface area contributed by atoms with Crippen molar-refractivity contribution in [2.45, 2.75) is 23.8 Å². The highest BCUT2D eigenvalue weighted by atomic mass is 32.2. The van der Waals surface area contributed by atoms with Crippen LogP contribution in [-0.2, 0) is 10.0 Å². The molecule has 0 atom stereocenters. The molecule has 0 aliphatic heterocycles. The van der Waals surface area contributed by atoms with Crippen molar-refractivity contribution in [3.05, 3.63) is 59.7 Å². The van der Waals surface area contributed by atoms with E-state index < -0.39 is 10.0 Å². The van der Waals surface area contributed by atoms with Crippen molar-refractivity contribution in [1.82, 2.24) is 10.0 Å². The molecule has 3 rings (SSSR count). The molecule has 136 valence electrons. The van der Waals surface area contributed by atoms with Gasteiger partial charge in [-0.05, 0) is 68.4 Å². The van der Waals surface area contributed by atoms with E-state index in [1.165, 1.54) is 31.3 Å². The van der Waals surface area contributed by atoms with Gasteiger partial charge in [-0.25, -0.2) is 13.1 Å². The summed E-state index contributed by atoms with van der Waals surface area (Å²) in [5.41, 5.74) is 1.41. The van der Waals surface area contributed by atoms with Gasteiger partial charge in [0.2, 0.25) is 10.0 Å². The first-order chi connectivity index (χ1) is 12.4. The molecule has 3 N–H and O–H groups in total. The van der Waals surface area contributed by atoms with Gasteiger partial charge in [-0.1, -0.05) is 0 Å². The van der Waals surface area contributed by atoms with Crippen LogP contribution < -0.4 is 15.4 Å². The number of hydrogen-bond acceptors (Lipinski definition) is 4. The Morgan fingerprint density at radius 2 is 1.42 bits per heavy atom. The van der Waals surface area contributed by atoms with E-state index in [1.807, 2.05) is 0 Å². The van der Waals surface area contributed by atoms with Crippen LogP contribution in [0.4, 0.5) is 5.69 Å². The number of hydrogen-bond donors (Lipinski definition) is 3. The van der Waals surface area contributed by atoms with Crippen molar-refractivity contribution >= 4 is 27.5 Å². The molecule has 2 aromatic carbocycles. The minimum Gasteiger partial charge on any atom is -0.349 e. The van der Waals surface area contributed by atoms with E-state index >= 15 is 0 Å². The van der Waals surface area contributed by atoms with E-state index in [2.05, 4.69) is 15.4 Å². The number of carbonyl (C=O) groups excluding carboxylic acids is 2. The molecular formula is C18H19N3O4S. The fourth-order valence-electron chi connectivity index (χ4n) is 2.31. The molecule has 7 nitrogen and oxygen atoms in total. The summed E-state index contributed by atoms with van der Waals surface area (Å²) in [6, 6.07) is 12.5. The van der Waals surface area contributed by atoms with Crippen molar-refractivity contribution in [3.63, 3.8) is 0 Å². The lowest BCUT2D eigenvalue weighted by Gasteiger charge is -2.08. The molecule has 1 aliphatic carbocycles. The van der Waals surface area contributed by atoms with E-state index in [9.17, 15) is 18.0 Å². The van der Waals surface area contributed by atoms with E-state index in [1.54, 1.807) is 24.3 Å². The molecule has 0 unspecified atom stereocenters. The van der Waals surface area contributed by atoms with Crippen LogP contribution in [0.15, 0.2) is 53.4 Å². The molecule has 0 bridgehead atoms. The molecule has 26 heavy (non-hydrogen) atoms. The van der Waals surface area contributed by atoms with Crippen LogP contribution in [0.5, 0.6) is 0 Å². The molecule has 1 fully saturated rings. The van der Waals surface area contributed by atoms with Gasteiger partial charge in [-0.15, -0.1) is 0 Å². The summed E-state index contributed by atoms with van der Waals surface area (Å²) in [5, 5.41) is 5.61. The Labute approximate surface area is 151 Å². The van der Waals surface area contributed by atoms with Crippen molar-refractivity contribution < 1.29 is 18.0 Å². The third kappa shape index (κ3) is 4.27. The van der Waals surface area contributed by atoms with Crippen LogP contribution >= 0.6 is 0 Å². The SMILES string of the molecule is CNS(=O)(=O)c1ccc(C(=O)Nc2ccc(C(=O)NC3CC3)cc2)cc1. The summed E-state index contributed by atoms with van der Waals surface area (Å²) in [4.78, 5) is 24.3. The van der Waals surface area contributed by atoms with Gasteiger partial charge in [0, 0.05) is 22.9 Å². The topological polar surface area (TPSA) is 104 Å². The van der Waals surface area contributed by atoms with E-state index in [0.717, 1.165) is 12.8 Å². The number of benzene rings is 2. The summed E-state index contributed by atoms with van der Waals surface area (Å²) < 4.78 is 25.6. The fourth-order valence-corrected chi connectivity index (χ4v) is 3.04. The Morgan fingerprint density at radius 3 is 1.96 bits per heavy atom. The lowest BCUT2D eigenvalue weighted by atomic mass is 10.1.